The van der Waals surface area contributed by atoms with E-state index in [1.807, 2.05) is 0 Å². The number of hydrogen-bond acceptors (Lipinski definition) is 2. The van der Waals surface area contributed by atoms with Gasteiger partial charge in [0.2, 0.25) is 11.8 Å². The monoisotopic (exact) mass is 360 g/mol. The summed E-state index contributed by atoms with van der Waals surface area (Å²) in [4.78, 5) is 31.2. The van der Waals surface area contributed by atoms with Gasteiger partial charge in [-0.2, -0.15) is 0 Å². The molecule has 0 aromatic rings. The second-order valence-electron chi connectivity index (χ2n) is 12.6. The highest BCUT2D eigenvalue weighted by Crippen LogP contribution is 3.07. The molecule has 2 amide bonds. The van der Waals surface area contributed by atoms with Crippen LogP contribution in [0.4, 0.5) is 0 Å². The molecule has 1 heterocycles. The van der Waals surface area contributed by atoms with Gasteiger partial charge in [-0.15, -0.1) is 0 Å². The predicted molar refractivity (Wildman–Crippen MR) is 91.5 cm³/mol. The average Bonchev–Trinajstić information content (AvgIpc) is 2.69. The molecule has 13 aliphatic rings. The topological polar surface area (TPSA) is 40.6 Å². The van der Waals surface area contributed by atoms with E-state index in [1.54, 1.807) is 0 Å². The van der Waals surface area contributed by atoms with E-state index in [-0.39, 0.29) is 10.8 Å². The molecule has 27 heavy (non-hydrogen) atoms. The highest BCUT2D eigenvalue weighted by Gasteiger charge is 3.07. The van der Waals surface area contributed by atoms with E-state index < -0.39 is 0 Å². The Morgan fingerprint density at radius 2 is 1.22 bits per heavy atom. The molecule has 1 saturated heterocycles. The van der Waals surface area contributed by atoms with Gasteiger partial charge in [-0.25, -0.2) is 0 Å². The summed E-state index contributed by atoms with van der Waals surface area (Å²) < 4.78 is 0. The van der Waals surface area contributed by atoms with Crippen molar-refractivity contribution in [2.45, 2.75) is 13.0 Å². The number of carbonyl (C=O) groups is 2. The summed E-state index contributed by atoms with van der Waals surface area (Å²) in [6.45, 7) is 4.67. The summed E-state index contributed by atoms with van der Waals surface area (Å²) in [6.07, 6.45) is 0. The maximum Gasteiger partial charge on any atom is 0.230 e. The molecule has 13 rings (SSSR count). The number of amides is 2. The van der Waals surface area contributed by atoms with E-state index in [2.05, 4.69) is 16.7 Å². The molecule has 1 aliphatic heterocycles. The quantitative estimate of drug-likeness (QED) is 0.744. The molecule has 0 unspecified atom stereocenters. The molecule has 0 aromatic carbocycles. The van der Waals surface area contributed by atoms with Crippen LogP contribution in [0, 0.1) is 93.7 Å². The molecule has 138 valence electrons. The van der Waals surface area contributed by atoms with Crippen LogP contribution in [-0.4, -0.2) is 47.3 Å². The summed E-state index contributed by atoms with van der Waals surface area (Å²) >= 11 is 0. The number of likely N-dealkylation sites (tertiary alicyclic amines) is 1. The normalized spacial score (nSPS) is 78.0. The maximum absolute atomic E-state index is 13.5. The van der Waals surface area contributed by atoms with Gasteiger partial charge in [0.1, 0.15) is 0 Å². The van der Waals surface area contributed by atoms with Crippen LogP contribution < -0.4 is 0 Å². The summed E-state index contributed by atoms with van der Waals surface area (Å²) in [5.74, 6) is 13.9. The Bertz CT molecular complexity index is 877. The molecule has 0 spiro atoms. The van der Waals surface area contributed by atoms with Crippen molar-refractivity contribution < 1.29 is 9.59 Å². The number of hydrogen-bond donors (Lipinski definition) is 0. The van der Waals surface area contributed by atoms with Crippen LogP contribution >= 0.6 is 0 Å². The molecule has 0 aromatic heterocycles. The Kier molecular flexibility index (Phi) is 1.31. The van der Waals surface area contributed by atoms with Crippen molar-refractivity contribution in [1.29, 1.82) is 0 Å². The van der Waals surface area contributed by atoms with Gasteiger partial charge in [0.15, 0.2) is 0 Å². The van der Waals surface area contributed by atoms with Crippen LogP contribution in [0.5, 0.6) is 0 Å². The maximum atomic E-state index is 13.5. The van der Waals surface area contributed by atoms with Crippen LogP contribution in [0.3, 0.4) is 0 Å². The molecule has 0 radical (unpaired) electrons. The molecule has 4 nitrogen and oxygen atoms in total. The fourth-order valence-corrected chi connectivity index (χ4v) is 13.6. The fourth-order valence-electron chi connectivity index (χ4n) is 13.6. The first-order valence-electron chi connectivity index (χ1n) is 11.8. The highest BCUT2D eigenvalue weighted by molar-refractivity contribution is 5.94. The Hall–Kier alpha value is -1.06. The van der Waals surface area contributed by atoms with Gasteiger partial charge in [0, 0.05) is 19.6 Å². The summed E-state index contributed by atoms with van der Waals surface area (Å²) in [5, 5.41) is 0. The molecule has 0 N–H and O–H groups in total. The van der Waals surface area contributed by atoms with Crippen LogP contribution in [0.25, 0.3) is 0 Å². The van der Waals surface area contributed by atoms with E-state index >= 15 is 0 Å². The molecule has 0 bridgehead atoms. The zero-order valence-corrected chi connectivity index (χ0v) is 15.5. The number of rotatable bonds is 4. The summed E-state index contributed by atoms with van der Waals surface area (Å²) in [6, 6.07) is 0.319. The largest absolute Gasteiger partial charge is 0.338 e. The first kappa shape index (κ1) is 12.5. The van der Waals surface area contributed by atoms with E-state index in [4.69, 9.17) is 0 Å². The smallest absolute Gasteiger partial charge is 0.230 e. The Morgan fingerprint density at radius 3 is 1.67 bits per heavy atom. The van der Waals surface area contributed by atoms with Crippen molar-refractivity contribution in [3.63, 3.8) is 0 Å². The van der Waals surface area contributed by atoms with E-state index in [9.17, 15) is 9.59 Å². The highest BCUT2D eigenvalue weighted by atomic mass is 16.2. The Balaban J connectivity index is 0.856. The van der Waals surface area contributed by atoms with Gasteiger partial charge in [0.05, 0.1) is 16.9 Å². The molecule has 4 heteroatoms. The summed E-state index contributed by atoms with van der Waals surface area (Å²) in [7, 11) is 0. The molecule has 12 saturated carbocycles. The van der Waals surface area contributed by atoms with Crippen molar-refractivity contribution in [2.75, 3.05) is 19.6 Å². The Labute approximate surface area is 158 Å². The third kappa shape index (κ3) is 0.661. The Morgan fingerprint density at radius 1 is 0.778 bits per heavy atom. The fraction of sp³-hybridized carbons (Fsp3) is 0.913. The number of likely N-dealkylation sites (N-methyl/N-ethyl adjacent to an activating group) is 1. The average molecular weight is 360 g/mol. The SMILES string of the molecule is CCN(C(=O)C12C3C4C5C3C1C5C42)C1CN(C(=O)C23C4C5C6C4C2C6C53)C1. The minimum atomic E-state index is 0.132. The molecular weight excluding hydrogens is 336 g/mol. The lowest BCUT2D eigenvalue weighted by Gasteiger charge is -3.07. The van der Waals surface area contributed by atoms with Gasteiger partial charge in [-0.05, 0) is 89.8 Å². The molecule has 13 fully saturated rings. The minimum absolute atomic E-state index is 0.132. The second-order valence-corrected chi connectivity index (χ2v) is 12.6. The molecule has 0 atom stereocenters. The molecule has 12 aliphatic carbocycles. The van der Waals surface area contributed by atoms with Gasteiger partial charge >= 0.3 is 0 Å². The van der Waals surface area contributed by atoms with Crippen molar-refractivity contribution in [2.24, 2.45) is 93.7 Å². The van der Waals surface area contributed by atoms with Crippen LogP contribution in [0.1, 0.15) is 6.92 Å². The van der Waals surface area contributed by atoms with Crippen LogP contribution in [-0.2, 0) is 9.59 Å². The lowest BCUT2D eigenvalue weighted by atomic mass is 8.96. The van der Waals surface area contributed by atoms with Crippen LogP contribution in [0.2, 0.25) is 0 Å². The zero-order valence-electron chi connectivity index (χ0n) is 15.5. The zero-order chi connectivity index (χ0) is 17.1. The number of nitrogens with zero attached hydrogens (tertiary/aromatic N) is 2. The third-order valence-corrected chi connectivity index (χ3v) is 13.9. The van der Waals surface area contributed by atoms with Gasteiger partial charge in [-0.3, -0.25) is 9.59 Å². The minimum Gasteiger partial charge on any atom is -0.338 e. The van der Waals surface area contributed by atoms with Gasteiger partial charge in [0.25, 0.3) is 0 Å². The van der Waals surface area contributed by atoms with Crippen molar-refractivity contribution in [1.82, 2.24) is 9.80 Å². The molecular formula is C23H24N2O2. The lowest BCUT2D eigenvalue weighted by molar-refractivity contribution is -0.598. The van der Waals surface area contributed by atoms with Crippen LogP contribution in [0.15, 0.2) is 0 Å². The van der Waals surface area contributed by atoms with Crippen molar-refractivity contribution in [3.8, 4) is 0 Å². The van der Waals surface area contributed by atoms with Crippen molar-refractivity contribution in [3.05, 3.63) is 0 Å². The first-order valence-corrected chi connectivity index (χ1v) is 11.8. The predicted octanol–water partition coefficient (Wildman–Crippen LogP) is 0.781. The third-order valence-electron chi connectivity index (χ3n) is 13.9. The van der Waals surface area contributed by atoms with Crippen molar-refractivity contribution >= 4 is 11.8 Å². The van der Waals surface area contributed by atoms with E-state index in [1.165, 1.54) is 0 Å². The van der Waals surface area contributed by atoms with Gasteiger partial charge < -0.3 is 9.80 Å². The van der Waals surface area contributed by atoms with E-state index in [0.29, 0.717) is 17.9 Å². The number of carbonyl (C=O) groups excluding carboxylic acids is 2. The second kappa shape index (κ2) is 2.84. The summed E-state index contributed by atoms with van der Waals surface area (Å²) in [5.41, 5.74) is 0.283. The van der Waals surface area contributed by atoms with E-state index in [0.717, 1.165) is 102 Å². The standard InChI is InChI=1S/C23H24N2O2/c1-2-25(21(27)23-17-11-7-12(17)19(23)13(7)18(11)23)5-3-24(4-5)20(26)22-14-8-6-9(14)16(22)10(6)15(8)22/h5-19H,2-4H2,1H3. The lowest BCUT2D eigenvalue weighted by Crippen LogP contribution is -3.07. The first-order chi connectivity index (χ1) is 13.2. The van der Waals surface area contributed by atoms with Gasteiger partial charge in [-0.1, -0.05) is 0 Å².